The molecule has 1 fully saturated rings. The lowest BCUT2D eigenvalue weighted by Crippen LogP contribution is -2.37. The Kier molecular flexibility index (Phi) is 3.88. The number of sulfonamides is 1. The first kappa shape index (κ1) is 16.3. The first-order valence-corrected chi connectivity index (χ1v) is 9.82. The van der Waals surface area contributed by atoms with Crippen molar-refractivity contribution in [2.45, 2.75) is 30.6 Å². The standard InChI is InChI=1S/C17H21N5O2S/c1-13-9-15-3-6-18-22(15)12-17(13)14-4-7-21(8-5-14)25(23,24)16-10-19-20(2)11-16/h3,6,9-12,14H,4-5,7-8H2,1-2H3. The zero-order chi connectivity index (χ0) is 17.6. The van der Waals surface area contributed by atoms with Crippen molar-refractivity contribution in [2.75, 3.05) is 13.1 Å². The van der Waals surface area contributed by atoms with Crippen molar-refractivity contribution >= 4 is 15.5 Å². The molecule has 0 bridgehead atoms. The minimum absolute atomic E-state index is 0.266. The first-order chi connectivity index (χ1) is 11.9. The topological polar surface area (TPSA) is 72.5 Å². The predicted molar refractivity (Wildman–Crippen MR) is 93.9 cm³/mol. The van der Waals surface area contributed by atoms with Gasteiger partial charge in [-0.1, -0.05) is 0 Å². The Morgan fingerprint density at radius 1 is 1.16 bits per heavy atom. The van der Waals surface area contributed by atoms with Crippen LogP contribution in [0, 0.1) is 6.92 Å². The molecule has 0 aliphatic carbocycles. The van der Waals surface area contributed by atoms with E-state index < -0.39 is 10.0 Å². The maximum Gasteiger partial charge on any atom is 0.246 e. The second-order valence-corrected chi connectivity index (χ2v) is 8.58. The number of rotatable bonds is 3. The molecule has 132 valence electrons. The molecule has 0 unspecified atom stereocenters. The highest BCUT2D eigenvalue weighted by atomic mass is 32.2. The summed E-state index contributed by atoms with van der Waals surface area (Å²) in [6.07, 6.45) is 8.47. The third-order valence-electron chi connectivity index (χ3n) is 4.99. The summed E-state index contributed by atoms with van der Waals surface area (Å²) in [5.74, 6) is 0.356. The number of hydrogen-bond acceptors (Lipinski definition) is 4. The van der Waals surface area contributed by atoms with Gasteiger partial charge in [0.25, 0.3) is 0 Å². The highest BCUT2D eigenvalue weighted by molar-refractivity contribution is 7.89. The van der Waals surface area contributed by atoms with Gasteiger partial charge in [0.15, 0.2) is 0 Å². The van der Waals surface area contributed by atoms with Crippen molar-refractivity contribution in [3.8, 4) is 0 Å². The smallest absolute Gasteiger partial charge is 0.246 e. The van der Waals surface area contributed by atoms with E-state index in [2.05, 4.69) is 29.4 Å². The number of fused-ring (bicyclic) bond motifs is 1. The number of pyridine rings is 1. The lowest BCUT2D eigenvalue weighted by atomic mass is 9.88. The van der Waals surface area contributed by atoms with Crippen molar-refractivity contribution in [3.05, 3.63) is 48.0 Å². The molecular weight excluding hydrogens is 338 g/mol. The summed E-state index contributed by atoms with van der Waals surface area (Å²) in [5, 5.41) is 8.29. The average molecular weight is 359 g/mol. The molecule has 4 heterocycles. The number of nitrogens with zero attached hydrogens (tertiary/aromatic N) is 5. The van der Waals surface area contributed by atoms with Gasteiger partial charge in [-0.25, -0.2) is 12.9 Å². The van der Waals surface area contributed by atoms with Gasteiger partial charge in [-0.3, -0.25) is 4.68 Å². The molecule has 8 heteroatoms. The van der Waals surface area contributed by atoms with Gasteiger partial charge in [0, 0.05) is 38.7 Å². The van der Waals surface area contributed by atoms with Crippen LogP contribution >= 0.6 is 0 Å². The molecule has 0 saturated carbocycles. The number of aromatic nitrogens is 4. The molecule has 3 aromatic rings. The van der Waals surface area contributed by atoms with Gasteiger partial charge in [0.1, 0.15) is 4.90 Å². The zero-order valence-electron chi connectivity index (χ0n) is 14.3. The fourth-order valence-electron chi connectivity index (χ4n) is 3.60. The second-order valence-electron chi connectivity index (χ2n) is 6.64. The summed E-state index contributed by atoms with van der Waals surface area (Å²) in [6.45, 7) is 3.16. The molecule has 4 rings (SSSR count). The summed E-state index contributed by atoms with van der Waals surface area (Å²) in [7, 11) is -1.73. The highest BCUT2D eigenvalue weighted by Gasteiger charge is 2.31. The lowest BCUT2D eigenvalue weighted by Gasteiger charge is -2.31. The highest BCUT2D eigenvalue weighted by Crippen LogP contribution is 2.32. The monoisotopic (exact) mass is 359 g/mol. The van der Waals surface area contributed by atoms with Crippen LogP contribution in [0.3, 0.4) is 0 Å². The van der Waals surface area contributed by atoms with E-state index in [0.29, 0.717) is 19.0 Å². The normalized spacial score (nSPS) is 17.4. The van der Waals surface area contributed by atoms with Crippen LogP contribution in [0.4, 0.5) is 0 Å². The van der Waals surface area contributed by atoms with Gasteiger partial charge in [-0.2, -0.15) is 14.5 Å². The number of aryl methyl sites for hydroxylation is 2. The Balaban J connectivity index is 1.53. The molecule has 25 heavy (non-hydrogen) atoms. The molecule has 7 nitrogen and oxygen atoms in total. The van der Waals surface area contributed by atoms with E-state index in [-0.39, 0.29) is 4.90 Å². The van der Waals surface area contributed by atoms with Gasteiger partial charge in [0.05, 0.1) is 11.7 Å². The van der Waals surface area contributed by atoms with E-state index in [1.165, 1.54) is 22.0 Å². The van der Waals surface area contributed by atoms with Gasteiger partial charge < -0.3 is 0 Å². The summed E-state index contributed by atoms with van der Waals surface area (Å²) < 4.78 is 30.4. The van der Waals surface area contributed by atoms with Crippen LogP contribution in [-0.4, -0.2) is 45.2 Å². The fraction of sp³-hybridized carbons (Fsp3) is 0.412. The van der Waals surface area contributed by atoms with Crippen LogP contribution in [0.25, 0.3) is 5.52 Å². The van der Waals surface area contributed by atoms with Gasteiger partial charge >= 0.3 is 0 Å². The lowest BCUT2D eigenvalue weighted by molar-refractivity contribution is 0.318. The van der Waals surface area contributed by atoms with Gasteiger partial charge in [0.2, 0.25) is 10.0 Å². The van der Waals surface area contributed by atoms with E-state index in [9.17, 15) is 8.42 Å². The molecule has 0 atom stereocenters. The predicted octanol–water partition coefficient (Wildman–Crippen LogP) is 1.94. The molecular formula is C17H21N5O2S. The van der Waals surface area contributed by atoms with Crippen molar-refractivity contribution < 1.29 is 8.42 Å². The average Bonchev–Trinajstić information content (AvgIpc) is 3.23. The van der Waals surface area contributed by atoms with Crippen LogP contribution in [0.5, 0.6) is 0 Å². The van der Waals surface area contributed by atoms with E-state index in [1.54, 1.807) is 23.7 Å². The quantitative estimate of drug-likeness (QED) is 0.716. The summed E-state index contributed by atoms with van der Waals surface area (Å²) in [6, 6.07) is 4.13. The van der Waals surface area contributed by atoms with E-state index in [0.717, 1.165) is 18.4 Å². The van der Waals surface area contributed by atoms with Crippen LogP contribution in [0.15, 0.2) is 41.8 Å². The zero-order valence-corrected chi connectivity index (χ0v) is 15.1. The molecule has 1 aliphatic heterocycles. The third-order valence-corrected chi connectivity index (χ3v) is 6.85. The van der Waals surface area contributed by atoms with Crippen molar-refractivity contribution in [1.29, 1.82) is 0 Å². The molecule has 1 saturated heterocycles. The van der Waals surface area contributed by atoms with Crippen LogP contribution in [0.2, 0.25) is 0 Å². The molecule has 0 amide bonds. The van der Waals surface area contributed by atoms with E-state index in [4.69, 9.17) is 0 Å². The fourth-order valence-corrected chi connectivity index (χ4v) is 5.06. The maximum atomic E-state index is 12.7. The molecule has 3 aromatic heterocycles. The Labute approximate surface area is 146 Å². The molecule has 1 aliphatic rings. The molecule has 0 aromatic carbocycles. The third kappa shape index (κ3) is 2.85. The Bertz CT molecular complexity index is 1010. The van der Waals surface area contributed by atoms with Crippen LogP contribution in [0.1, 0.15) is 29.9 Å². The maximum absolute atomic E-state index is 12.7. The van der Waals surface area contributed by atoms with Crippen molar-refractivity contribution in [1.82, 2.24) is 23.7 Å². The summed E-state index contributed by atoms with van der Waals surface area (Å²) in [4.78, 5) is 0.266. The Hall–Kier alpha value is -2.19. The van der Waals surface area contributed by atoms with Gasteiger partial charge in [-0.05, 0) is 48.9 Å². The molecule has 0 N–H and O–H groups in total. The summed E-state index contributed by atoms with van der Waals surface area (Å²) in [5.41, 5.74) is 3.58. The Morgan fingerprint density at radius 2 is 1.92 bits per heavy atom. The molecule has 0 spiro atoms. The largest absolute Gasteiger partial charge is 0.274 e. The minimum atomic E-state index is -3.45. The van der Waals surface area contributed by atoms with Crippen molar-refractivity contribution in [2.24, 2.45) is 7.05 Å². The van der Waals surface area contributed by atoms with Crippen molar-refractivity contribution in [3.63, 3.8) is 0 Å². The first-order valence-electron chi connectivity index (χ1n) is 8.38. The summed E-state index contributed by atoms with van der Waals surface area (Å²) >= 11 is 0. The van der Waals surface area contributed by atoms with Crippen LogP contribution < -0.4 is 0 Å². The van der Waals surface area contributed by atoms with Gasteiger partial charge in [-0.15, -0.1) is 0 Å². The molecule has 0 radical (unpaired) electrons. The van der Waals surface area contributed by atoms with Crippen LogP contribution in [-0.2, 0) is 17.1 Å². The number of hydrogen-bond donors (Lipinski definition) is 0. The second kappa shape index (κ2) is 5.96. The van der Waals surface area contributed by atoms with E-state index in [1.807, 2.05) is 10.6 Å². The van der Waals surface area contributed by atoms with E-state index >= 15 is 0 Å². The number of piperidine rings is 1. The SMILES string of the molecule is Cc1cc2ccnn2cc1C1CCN(S(=O)(=O)c2cnn(C)c2)CC1. The minimum Gasteiger partial charge on any atom is -0.274 e. The Morgan fingerprint density at radius 3 is 2.60 bits per heavy atom.